The Balaban J connectivity index is 2.11. The monoisotopic (exact) mass is 413 g/mol. The summed E-state index contributed by atoms with van der Waals surface area (Å²) in [6, 6.07) is 5.05. The number of halogens is 5. The zero-order valence-electron chi connectivity index (χ0n) is 14.6. The summed E-state index contributed by atoms with van der Waals surface area (Å²) in [5.41, 5.74) is -2.06. The van der Waals surface area contributed by atoms with Crippen molar-refractivity contribution in [2.75, 3.05) is 5.32 Å². The second-order valence-electron chi connectivity index (χ2n) is 5.88. The molecule has 0 unspecified atom stereocenters. The van der Waals surface area contributed by atoms with E-state index in [0.717, 1.165) is 18.2 Å². The van der Waals surface area contributed by atoms with Gasteiger partial charge in [-0.2, -0.15) is 22.0 Å². The molecule has 0 radical (unpaired) electrons. The smallest absolute Gasteiger partial charge is 0.432 e. The van der Waals surface area contributed by atoms with Gasteiger partial charge >= 0.3 is 12.8 Å². The number of benzene rings is 1. The van der Waals surface area contributed by atoms with Crippen LogP contribution in [-0.4, -0.2) is 22.5 Å². The number of carbonyl (C=O) groups is 1. The number of aromatic nitrogens is 2. The van der Waals surface area contributed by atoms with Crippen LogP contribution < -0.4 is 15.6 Å². The average molecular weight is 413 g/mol. The maximum Gasteiger partial charge on any atom is 0.433 e. The minimum Gasteiger partial charge on any atom is -0.432 e. The molecular weight excluding hydrogens is 401 g/mol. The lowest BCUT2D eigenvalue weighted by Gasteiger charge is -2.14. The van der Waals surface area contributed by atoms with Gasteiger partial charge in [-0.15, -0.1) is 0 Å². The normalized spacial score (nSPS) is 11.7. The van der Waals surface area contributed by atoms with Crippen molar-refractivity contribution in [3.63, 3.8) is 0 Å². The van der Waals surface area contributed by atoms with E-state index in [2.05, 4.69) is 20.0 Å². The number of alkyl halides is 5. The molecule has 2 heterocycles. The van der Waals surface area contributed by atoms with Crippen molar-refractivity contribution in [1.82, 2.24) is 9.97 Å². The Kier molecular flexibility index (Phi) is 5.23. The number of amides is 1. The van der Waals surface area contributed by atoms with Crippen LogP contribution in [0.4, 0.5) is 27.6 Å². The molecular formula is C18H12F5N3O3. The minimum absolute atomic E-state index is 0.129. The first-order valence-electron chi connectivity index (χ1n) is 8.03. The number of nitrogens with one attached hydrogen (secondary N) is 2. The number of rotatable bonds is 4. The van der Waals surface area contributed by atoms with Crippen LogP contribution in [0.5, 0.6) is 5.75 Å². The Hall–Kier alpha value is -3.50. The first kappa shape index (κ1) is 20.2. The van der Waals surface area contributed by atoms with Gasteiger partial charge in [-0.3, -0.25) is 9.59 Å². The third-order valence-electron chi connectivity index (χ3n) is 4.03. The van der Waals surface area contributed by atoms with Crippen molar-refractivity contribution in [1.29, 1.82) is 0 Å². The summed E-state index contributed by atoms with van der Waals surface area (Å²) in [6.07, 6.45) is -3.52. The van der Waals surface area contributed by atoms with E-state index < -0.39 is 41.2 Å². The molecule has 152 valence electrons. The van der Waals surface area contributed by atoms with E-state index in [1.165, 1.54) is 19.2 Å². The fraction of sp³-hybridized carbons (Fsp3) is 0.167. The summed E-state index contributed by atoms with van der Waals surface area (Å²) in [6.45, 7) is -1.84. The number of hydrogen-bond acceptors (Lipinski definition) is 4. The zero-order valence-corrected chi connectivity index (χ0v) is 14.6. The number of anilines is 1. The number of carbonyl (C=O) groups excluding carboxylic acids is 1. The summed E-state index contributed by atoms with van der Waals surface area (Å²) in [4.78, 5) is 30.1. The average Bonchev–Trinajstić information content (AvgIpc) is 2.64. The molecule has 2 N–H and O–H groups in total. The number of fused-ring (bicyclic) bond motifs is 1. The molecule has 0 saturated carbocycles. The van der Waals surface area contributed by atoms with E-state index in [9.17, 15) is 31.5 Å². The molecule has 3 aromatic rings. The van der Waals surface area contributed by atoms with Crippen molar-refractivity contribution < 1.29 is 31.5 Å². The van der Waals surface area contributed by atoms with Gasteiger partial charge in [-0.25, -0.2) is 4.98 Å². The largest absolute Gasteiger partial charge is 0.433 e. The Bertz CT molecular complexity index is 1140. The Labute approximate surface area is 159 Å². The van der Waals surface area contributed by atoms with Crippen molar-refractivity contribution in [2.24, 2.45) is 0 Å². The SMILES string of the molecule is Cc1c(NC(=O)c2ccc(OC(F)F)c3nc(C(F)(F)F)ccc23)cc[nH]c1=O. The summed E-state index contributed by atoms with van der Waals surface area (Å²) in [7, 11) is 0. The Morgan fingerprint density at radius 2 is 1.90 bits per heavy atom. The lowest BCUT2D eigenvalue weighted by Crippen LogP contribution is -2.18. The number of hydrogen-bond donors (Lipinski definition) is 2. The van der Waals surface area contributed by atoms with Crippen molar-refractivity contribution in [2.45, 2.75) is 19.7 Å². The molecule has 0 saturated heterocycles. The van der Waals surface area contributed by atoms with Crippen LogP contribution in [0.25, 0.3) is 10.9 Å². The van der Waals surface area contributed by atoms with Gasteiger partial charge in [0, 0.05) is 22.7 Å². The first-order chi connectivity index (χ1) is 13.6. The third kappa shape index (κ3) is 4.18. The molecule has 6 nitrogen and oxygen atoms in total. The van der Waals surface area contributed by atoms with E-state index in [4.69, 9.17) is 0 Å². The van der Waals surface area contributed by atoms with Gasteiger partial charge in [-0.1, -0.05) is 0 Å². The van der Waals surface area contributed by atoms with E-state index in [0.29, 0.717) is 6.07 Å². The van der Waals surface area contributed by atoms with Crippen LogP contribution in [0.2, 0.25) is 0 Å². The lowest BCUT2D eigenvalue weighted by atomic mass is 10.1. The highest BCUT2D eigenvalue weighted by atomic mass is 19.4. The number of H-pyrrole nitrogens is 1. The first-order valence-corrected chi connectivity index (χ1v) is 8.03. The van der Waals surface area contributed by atoms with Crippen LogP contribution in [0.15, 0.2) is 41.3 Å². The van der Waals surface area contributed by atoms with Crippen molar-refractivity contribution >= 4 is 22.5 Å². The number of ether oxygens (including phenoxy) is 1. The zero-order chi connectivity index (χ0) is 21.3. The standard InChI is InChI=1S/C18H12F5N3O3/c1-8-11(6-7-24-15(8)27)25-16(28)10-2-4-12(29-17(19)20)14-9(10)3-5-13(26-14)18(21,22)23/h2-7,17H,1H3,(H2,24,25,27,28). The van der Waals surface area contributed by atoms with E-state index in [1.807, 2.05) is 0 Å². The minimum atomic E-state index is -4.82. The van der Waals surface area contributed by atoms with Crippen molar-refractivity contribution in [3.05, 3.63) is 63.7 Å². The number of nitrogens with zero attached hydrogens (tertiary/aromatic N) is 1. The van der Waals surface area contributed by atoms with E-state index in [1.54, 1.807) is 0 Å². The quantitative estimate of drug-likeness (QED) is 0.631. The van der Waals surface area contributed by atoms with Crippen LogP contribution in [0, 0.1) is 6.92 Å². The van der Waals surface area contributed by atoms with Gasteiger partial charge < -0.3 is 15.0 Å². The summed E-state index contributed by atoms with van der Waals surface area (Å²) in [5.74, 6) is -1.38. The predicted octanol–water partition coefficient (Wildman–Crippen LogP) is 4.10. The molecule has 1 aromatic carbocycles. The molecule has 0 fully saturated rings. The molecule has 0 bridgehead atoms. The van der Waals surface area contributed by atoms with Gasteiger partial charge in [-0.05, 0) is 37.3 Å². The van der Waals surface area contributed by atoms with Gasteiger partial charge in [0.05, 0.1) is 5.69 Å². The third-order valence-corrected chi connectivity index (χ3v) is 4.03. The highest BCUT2D eigenvalue weighted by Crippen LogP contribution is 2.34. The molecule has 0 aliphatic rings. The van der Waals surface area contributed by atoms with Crippen LogP contribution in [0.3, 0.4) is 0 Å². The molecule has 11 heteroatoms. The van der Waals surface area contributed by atoms with Gasteiger partial charge in [0.25, 0.3) is 11.5 Å². The second-order valence-corrected chi connectivity index (χ2v) is 5.88. The van der Waals surface area contributed by atoms with Gasteiger partial charge in [0.15, 0.2) is 5.75 Å². The Morgan fingerprint density at radius 1 is 1.17 bits per heavy atom. The molecule has 29 heavy (non-hydrogen) atoms. The lowest BCUT2D eigenvalue weighted by molar-refractivity contribution is -0.140. The van der Waals surface area contributed by atoms with Gasteiger partial charge in [0.2, 0.25) is 0 Å². The van der Waals surface area contributed by atoms with Crippen LogP contribution in [-0.2, 0) is 6.18 Å². The maximum atomic E-state index is 13.0. The topological polar surface area (TPSA) is 84.1 Å². The molecule has 0 aliphatic heterocycles. The van der Waals surface area contributed by atoms with Crippen molar-refractivity contribution in [3.8, 4) is 5.75 Å². The predicted molar refractivity (Wildman–Crippen MR) is 93.1 cm³/mol. The molecule has 2 aromatic heterocycles. The highest BCUT2D eigenvalue weighted by Gasteiger charge is 2.33. The second kappa shape index (κ2) is 7.49. The molecule has 0 spiro atoms. The Morgan fingerprint density at radius 3 is 2.55 bits per heavy atom. The van der Waals surface area contributed by atoms with Crippen LogP contribution in [0.1, 0.15) is 21.6 Å². The molecule has 1 amide bonds. The molecule has 0 atom stereocenters. The molecule has 3 rings (SSSR count). The van der Waals surface area contributed by atoms with Crippen LogP contribution >= 0.6 is 0 Å². The number of pyridine rings is 2. The highest BCUT2D eigenvalue weighted by molar-refractivity contribution is 6.13. The van der Waals surface area contributed by atoms with E-state index in [-0.39, 0.29) is 22.2 Å². The maximum absolute atomic E-state index is 13.0. The summed E-state index contributed by atoms with van der Waals surface area (Å²) in [5, 5.41) is 2.34. The summed E-state index contributed by atoms with van der Waals surface area (Å²) >= 11 is 0. The summed E-state index contributed by atoms with van der Waals surface area (Å²) < 4.78 is 68.4. The fourth-order valence-electron chi connectivity index (χ4n) is 2.62. The van der Waals surface area contributed by atoms with E-state index >= 15 is 0 Å². The molecule has 0 aliphatic carbocycles. The fourth-order valence-corrected chi connectivity index (χ4v) is 2.62. The van der Waals surface area contributed by atoms with Gasteiger partial charge in [0.1, 0.15) is 11.2 Å². The number of aromatic amines is 1.